The Hall–Kier alpha value is -1.56. The summed E-state index contributed by atoms with van der Waals surface area (Å²) in [5.41, 5.74) is 0. The first-order valence-corrected chi connectivity index (χ1v) is 8.73. The summed E-state index contributed by atoms with van der Waals surface area (Å²) >= 11 is 12.1. The summed E-state index contributed by atoms with van der Waals surface area (Å²) in [4.78, 5) is 13.2. The molecule has 0 atom stereocenters. The van der Waals surface area contributed by atoms with E-state index in [1.807, 2.05) is 37.3 Å². The van der Waals surface area contributed by atoms with Gasteiger partial charge in [-0.1, -0.05) is 35.3 Å². The van der Waals surface area contributed by atoms with Gasteiger partial charge in [0, 0.05) is 38.8 Å². The summed E-state index contributed by atoms with van der Waals surface area (Å²) in [6.07, 6.45) is 0. The van der Waals surface area contributed by atoms with Gasteiger partial charge in [0.1, 0.15) is 29.2 Å². The number of hydrogen-bond donors (Lipinski definition) is 0. The van der Waals surface area contributed by atoms with Crippen LogP contribution >= 0.6 is 23.2 Å². The summed E-state index contributed by atoms with van der Waals surface area (Å²) in [5, 5.41) is 1.14. The first-order chi connectivity index (χ1) is 11.6. The van der Waals surface area contributed by atoms with Crippen molar-refractivity contribution < 1.29 is 4.74 Å². The van der Waals surface area contributed by atoms with Crippen molar-refractivity contribution in [1.82, 2.24) is 14.9 Å². The van der Waals surface area contributed by atoms with Crippen molar-refractivity contribution in [2.45, 2.75) is 6.92 Å². The highest BCUT2D eigenvalue weighted by Crippen LogP contribution is 2.23. The van der Waals surface area contributed by atoms with Gasteiger partial charge in [0.25, 0.3) is 0 Å². The number of ether oxygens (including phenoxy) is 1. The van der Waals surface area contributed by atoms with Crippen LogP contribution in [-0.4, -0.2) is 54.2 Å². The Balaban J connectivity index is 1.46. The van der Waals surface area contributed by atoms with Crippen molar-refractivity contribution in [2.24, 2.45) is 0 Å². The maximum atomic E-state index is 6.09. The average Bonchev–Trinajstić information content (AvgIpc) is 2.56. The molecule has 0 unspecified atom stereocenters. The van der Waals surface area contributed by atoms with E-state index in [2.05, 4.69) is 19.8 Å². The Morgan fingerprint density at radius 3 is 2.54 bits per heavy atom. The van der Waals surface area contributed by atoms with E-state index in [-0.39, 0.29) is 0 Å². The third kappa shape index (κ3) is 4.50. The number of hydrogen-bond acceptors (Lipinski definition) is 5. The van der Waals surface area contributed by atoms with Gasteiger partial charge in [-0.25, -0.2) is 9.97 Å². The molecule has 0 amide bonds. The molecule has 0 aliphatic carbocycles. The van der Waals surface area contributed by atoms with E-state index in [1.54, 1.807) is 0 Å². The number of rotatable bonds is 5. The predicted molar refractivity (Wildman–Crippen MR) is 97.4 cm³/mol. The molecule has 0 N–H and O–H groups in total. The van der Waals surface area contributed by atoms with Gasteiger partial charge in [0.2, 0.25) is 0 Å². The minimum absolute atomic E-state index is 0.494. The maximum absolute atomic E-state index is 6.09. The molecular weight excluding hydrogens is 347 g/mol. The van der Waals surface area contributed by atoms with Gasteiger partial charge in [-0.2, -0.15) is 0 Å². The molecule has 128 valence electrons. The first-order valence-electron chi connectivity index (χ1n) is 7.97. The van der Waals surface area contributed by atoms with Crippen LogP contribution in [0.3, 0.4) is 0 Å². The Kier molecular flexibility index (Phi) is 5.76. The van der Waals surface area contributed by atoms with E-state index in [0.717, 1.165) is 44.3 Å². The Morgan fingerprint density at radius 2 is 1.83 bits per heavy atom. The Labute approximate surface area is 152 Å². The number of benzene rings is 1. The third-order valence-corrected chi connectivity index (χ3v) is 4.50. The average molecular weight is 367 g/mol. The van der Waals surface area contributed by atoms with Gasteiger partial charge in [0.05, 0.1) is 5.02 Å². The summed E-state index contributed by atoms with van der Waals surface area (Å²) in [6, 6.07) is 9.38. The lowest BCUT2D eigenvalue weighted by Gasteiger charge is -2.35. The van der Waals surface area contributed by atoms with Crippen LogP contribution in [0.1, 0.15) is 5.82 Å². The fourth-order valence-corrected chi connectivity index (χ4v) is 3.14. The van der Waals surface area contributed by atoms with Crippen molar-refractivity contribution in [3.8, 4) is 5.75 Å². The van der Waals surface area contributed by atoms with E-state index in [4.69, 9.17) is 27.9 Å². The van der Waals surface area contributed by atoms with Crippen LogP contribution in [-0.2, 0) is 0 Å². The number of piperazine rings is 1. The van der Waals surface area contributed by atoms with E-state index in [9.17, 15) is 0 Å². The summed E-state index contributed by atoms with van der Waals surface area (Å²) in [5.74, 6) is 2.34. The molecule has 1 fully saturated rings. The van der Waals surface area contributed by atoms with Gasteiger partial charge < -0.3 is 9.64 Å². The fraction of sp³-hybridized carbons (Fsp3) is 0.412. The van der Waals surface area contributed by atoms with Gasteiger partial charge >= 0.3 is 0 Å². The van der Waals surface area contributed by atoms with Crippen molar-refractivity contribution in [2.75, 3.05) is 44.2 Å². The molecule has 0 radical (unpaired) electrons. The first kappa shape index (κ1) is 17.3. The molecular formula is C17H20Cl2N4O. The molecule has 5 nitrogen and oxygen atoms in total. The van der Waals surface area contributed by atoms with E-state index >= 15 is 0 Å². The van der Waals surface area contributed by atoms with E-state index < -0.39 is 0 Å². The highest BCUT2D eigenvalue weighted by Gasteiger charge is 2.18. The lowest BCUT2D eigenvalue weighted by molar-refractivity contribution is 0.200. The molecule has 1 aromatic heterocycles. The zero-order valence-electron chi connectivity index (χ0n) is 13.6. The fourth-order valence-electron chi connectivity index (χ4n) is 2.73. The lowest BCUT2D eigenvalue weighted by Crippen LogP contribution is -2.47. The van der Waals surface area contributed by atoms with E-state index in [1.165, 1.54) is 0 Å². The van der Waals surface area contributed by atoms with Crippen molar-refractivity contribution in [3.63, 3.8) is 0 Å². The number of aryl methyl sites for hydroxylation is 1. The van der Waals surface area contributed by atoms with Gasteiger partial charge in [-0.15, -0.1) is 0 Å². The van der Waals surface area contributed by atoms with Crippen molar-refractivity contribution >= 4 is 29.0 Å². The van der Waals surface area contributed by atoms with E-state index in [0.29, 0.717) is 22.6 Å². The van der Waals surface area contributed by atoms with Gasteiger partial charge in [-0.3, -0.25) is 4.90 Å². The molecule has 3 rings (SSSR count). The number of nitrogens with zero attached hydrogens (tertiary/aromatic N) is 4. The minimum Gasteiger partial charge on any atom is -0.491 e. The Bertz CT molecular complexity index is 670. The largest absolute Gasteiger partial charge is 0.491 e. The maximum Gasteiger partial charge on any atom is 0.137 e. The third-order valence-electron chi connectivity index (χ3n) is 3.99. The molecule has 2 heterocycles. The summed E-state index contributed by atoms with van der Waals surface area (Å²) in [7, 11) is 0. The molecule has 2 aromatic rings. The Morgan fingerprint density at radius 1 is 1.08 bits per heavy atom. The second-order valence-electron chi connectivity index (χ2n) is 5.70. The molecule has 0 bridgehead atoms. The summed E-state index contributed by atoms with van der Waals surface area (Å²) < 4.78 is 5.76. The van der Waals surface area contributed by atoms with Gasteiger partial charge in [-0.05, 0) is 19.1 Å². The normalized spacial score (nSPS) is 15.5. The summed E-state index contributed by atoms with van der Waals surface area (Å²) in [6.45, 7) is 7.12. The van der Waals surface area contributed by atoms with Crippen LogP contribution in [0.15, 0.2) is 30.3 Å². The number of aromatic nitrogens is 2. The molecule has 7 heteroatoms. The molecule has 1 aromatic carbocycles. The topological polar surface area (TPSA) is 41.5 Å². The second-order valence-corrected chi connectivity index (χ2v) is 6.50. The van der Waals surface area contributed by atoms with Crippen LogP contribution in [0.4, 0.5) is 5.82 Å². The van der Waals surface area contributed by atoms with Crippen LogP contribution in [0.5, 0.6) is 5.75 Å². The molecule has 1 aliphatic rings. The highest BCUT2D eigenvalue weighted by atomic mass is 35.5. The smallest absolute Gasteiger partial charge is 0.137 e. The SMILES string of the molecule is Cc1nc(Cl)cc(N2CCN(CCOc3ccccc3Cl)CC2)n1. The highest BCUT2D eigenvalue weighted by molar-refractivity contribution is 6.32. The van der Waals surface area contributed by atoms with Crippen molar-refractivity contribution in [1.29, 1.82) is 0 Å². The molecule has 1 saturated heterocycles. The zero-order chi connectivity index (χ0) is 16.9. The van der Waals surface area contributed by atoms with Crippen LogP contribution in [0.25, 0.3) is 0 Å². The molecule has 0 spiro atoms. The molecule has 24 heavy (non-hydrogen) atoms. The van der Waals surface area contributed by atoms with Crippen LogP contribution in [0.2, 0.25) is 10.2 Å². The predicted octanol–water partition coefficient (Wildman–Crippen LogP) is 3.29. The van der Waals surface area contributed by atoms with Gasteiger partial charge in [0.15, 0.2) is 0 Å². The number of halogens is 2. The number of para-hydroxylation sites is 1. The zero-order valence-corrected chi connectivity index (χ0v) is 15.1. The van der Waals surface area contributed by atoms with Crippen LogP contribution < -0.4 is 9.64 Å². The molecule has 1 aliphatic heterocycles. The number of anilines is 1. The quantitative estimate of drug-likeness (QED) is 0.759. The molecule has 0 saturated carbocycles. The second kappa shape index (κ2) is 8.01. The minimum atomic E-state index is 0.494. The van der Waals surface area contributed by atoms with Crippen molar-refractivity contribution in [3.05, 3.63) is 46.3 Å². The standard InChI is InChI=1S/C17H20Cl2N4O/c1-13-20-16(19)12-17(21-13)23-8-6-22(7-9-23)10-11-24-15-5-3-2-4-14(15)18/h2-5,12H,6-11H2,1H3. The van der Waals surface area contributed by atoms with Crippen LogP contribution in [0, 0.1) is 6.92 Å². The monoisotopic (exact) mass is 366 g/mol. The lowest BCUT2D eigenvalue weighted by atomic mass is 10.3.